The van der Waals surface area contributed by atoms with E-state index in [0.717, 1.165) is 5.56 Å². The number of sulfone groups is 1. The van der Waals surface area contributed by atoms with Crippen LogP contribution in [0.2, 0.25) is 10.0 Å². The van der Waals surface area contributed by atoms with Crippen LogP contribution in [0.1, 0.15) is 70.0 Å². The zero-order valence-electron chi connectivity index (χ0n) is 21.2. The number of amides is 1. The molecule has 37 heavy (non-hydrogen) atoms. The minimum atomic E-state index is -3.38. The molecule has 1 N–H and O–H groups in total. The molecule has 202 valence electrons. The van der Waals surface area contributed by atoms with Gasteiger partial charge < -0.3 is 10.0 Å². The fraction of sp³-hybridized carbons (Fsp3) is 0.481. The van der Waals surface area contributed by atoms with Gasteiger partial charge in [0, 0.05) is 22.0 Å². The molecule has 4 unspecified atom stereocenters. The SMILES string of the molecule is CC(CCS(=O)(=O)C(C)C)N1C(=O)C(C)(CC(=O)O)CC(c2cc(F)cc(Cl)c2)C1c1ccc(Cl)cc1. The molecule has 0 bridgehead atoms. The van der Waals surface area contributed by atoms with E-state index in [0.29, 0.717) is 10.6 Å². The van der Waals surface area contributed by atoms with Crippen LogP contribution in [0.5, 0.6) is 0 Å². The topological polar surface area (TPSA) is 91.8 Å². The molecule has 6 nitrogen and oxygen atoms in total. The molecule has 0 aromatic heterocycles. The number of aliphatic carboxylic acids is 1. The van der Waals surface area contributed by atoms with Crippen LogP contribution in [0.3, 0.4) is 0 Å². The molecular formula is C27H32Cl2FNO5S. The van der Waals surface area contributed by atoms with Crippen molar-refractivity contribution in [3.05, 3.63) is 69.5 Å². The summed E-state index contributed by atoms with van der Waals surface area (Å²) in [5.74, 6) is -2.71. The lowest BCUT2D eigenvalue weighted by Crippen LogP contribution is -2.55. The molecule has 0 aliphatic carbocycles. The molecule has 1 amide bonds. The van der Waals surface area contributed by atoms with Crippen molar-refractivity contribution in [1.82, 2.24) is 4.90 Å². The molecule has 3 rings (SSSR count). The fourth-order valence-electron chi connectivity index (χ4n) is 5.12. The van der Waals surface area contributed by atoms with E-state index < -0.39 is 56.7 Å². The Bertz CT molecular complexity index is 1250. The van der Waals surface area contributed by atoms with Crippen LogP contribution < -0.4 is 0 Å². The van der Waals surface area contributed by atoms with E-state index in [1.165, 1.54) is 12.1 Å². The number of hydrogen-bond acceptors (Lipinski definition) is 4. The van der Waals surface area contributed by atoms with Crippen LogP contribution in [0, 0.1) is 11.2 Å². The second-order valence-electron chi connectivity index (χ2n) is 10.4. The molecule has 10 heteroatoms. The highest BCUT2D eigenvalue weighted by Crippen LogP contribution is 2.52. The lowest BCUT2D eigenvalue weighted by atomic mass is 9.67. The van der Waals surface area contributed by atoms with Crippen LogP contribution in [-0.4, -0.2) is 47.3 Å². The van der Waals surface area contributed by atoms with E-state index in [4.69, 9.17) is 23.2 Å². The van der Waals surface area contributed by atoms with E-state index in [9.17, 15) is 27.5 Å². The third kappa shape index (κ3) is 6.65. The Hall–Kier alpha value is -2.16. The molecule has 1 saturated heterocycles. The highest BCUT2D eigenvalue weighted by atomic mass is 35.5. The van der Waals surface area contributed by atoms with Gasteiger partial charge in [-0.1, -0.05) is 42.3 Å². The molecule has 2 aromatic rings. The van der Waals surface area contributed by atoms with Crippen molar-refractivity contribution in [1.29, 1.82) is 0 Å². The third-order valence-corrected chi connectivity index (χ3v) is 9.89. The molecular weight excluding hydrogens is 540 g/mol. The Labute approximate surface area is 227 Å². The normalized spacial score (nSPS) is 23.4. The average Bonchev–Trinajstić information content (AvgIpc) is 2.78. The number of rotatable bonds is 9. The van der Waals surface area contributed by atoms with Crippen molar-refractivity contribution in [3.8, 4) is 0 Å². The van der Waals surface area contributed by atoms with Crippen molar-refractivity contribution >= 4 is 44.9 Å². The van der Waals surface area contributed by atoms with Gasteiger partial charge in [0.2, 0.25) is 5.91 Å². The number of carbonyl (C=O) groups excluding carboxylic acids is 1. The van der Waals surface area contributed by atoms with Gasteiger partial charge >= 0.3 is 5.97 Å². The minimum Gasteiger partial charge on any atom is -0.481 e. The van der Waals surface area contributed by atoms with Crippen molar-refractivity contribution in [2.45, 2.75) is 70.2 Å². The van der Waals surface area contributed by atoms with Gasteiger partial charge in [0.25, 0.3) is 0 Å². The van der Waals surface area contributed by atoms with E-state index in [2.05, 4.69) is 0 Å². The Morgan fingerprint density at radius 1 is 1.11 bits per heavy atom. The highest BCUT2D eigenvalue weighted by Gasteiger charge is 2.52. The average molecular weight is 573 g/mol. The van der Waals surface area contributed by atoms with Crippen molar-refractivity contribution in [2.75, 3.05) is 5.75 Å². The van der Waals surface area contributed by atoms with E-state index in [1.807, 2.05) is 0 Å². The molecule has 4 atom stereocenters. The first-order valence-electron chi connectivity index (χ1n) is 12.1. The van der Waals surface area contributed by atoms with Crippen LogP contribution in [-0.2, 0) is 19.4 Å². The number of carbonyl (C=O) groups is 2. The zero-order chi connectivity index (χ0) is 27.7. The largest absolute Gasteiger partial charge is 0.481 e. The Balaban J connectivity index is 2.19. The fourth-order valence-corrected chi connectivity index (χ4v) is 6.62. The van der Waals surface area contributed by atoms with Crippen molar-refractivity contribution < 1.29 is 27.5 Å². The monoisotopic (exact) mass is 571 g/mol. The number of piperidine rings is 1. The predicted molar refractivity (Wildman–Crippen MR) is 143 cm³/mol. The van der Waals surface area contributed by atoms with Gasteiger partial charge in [-0.05, 0) is 75.1 Å². The summed E-state index contributed by atoms with van der Waals surface area (Å²) in [5, 5.41) is 9.77. The molecule has 1 heterocycles. The van der Waals surface area contributed by atoms with Gasteiger partial charge in [-0.2, -0.15) is 0 Å². The van der Waals surface area contributed by atoms with Gasteiger partial charge in [-0.25, -0.2) is 12.8 Å². The standard InChI is InChI=1S/C27H32Cl2FNO5S/c1-16(2)37(35,36)10-9-17(3)31-25(18-5-7-20(28)8-6-18)23(19-11-21(29)13-22(30)12-19)14-27(4,26(31)34)15-24(32)33/h5-8,11-13,16-17,23,25H,9-10,14-15H2,1-4H3,(H,32,33). The van der Waals surface area contributed by atoms with E-state index in [-0.39, 0.29) is 29.5 Å². The summed E-state index contributed by atoms with van der Waals surface area (Å²) in [6, 6.07) is 9.91. The Morgan fingerprint density at radius 3 is 2.27 bits per heavy atom. The van der Waals surface area contributed by atoms with Gasteiger partial charge in [0.1, 0.15) is 5.82 Å². The van der Waals surface area contributed by atoms with Crippen molar-refractivity contribution in [2.24, 2.45) is 5.41 Å². The first-order chi connectivity index (χ1) is 17.1. The predicted octanol–water partition coefficient (Wildman–Crippen LogP) is 6.27. The smallest absolute Gasteiger partial charge is 0.304 e. The van der Waals surface area contributed by atoms with Crippen LogP contribution in [0.25, 0.3) is 0 Å². The van der Waals surface area contributed by atoms with Gasteiger partial charge in [0.05, 0.1) is 28.9 Å². The van der Waals surface area contributed by atoms with Crippen LogP contribution in [0.4, 0.5) is 4.39 Å². The number of benzene rings is 2. The van der Waals surface area contributed by atoms with Gasteiger partial charge in [-0.15, -0.1) is 0 Å². The molecule has 0 saturated carbocycles. The lowest BCUT2D eigenvalue weighted by Gasteiger charge is -2.51. The summed E-state index contributed by atoms with van der Waals surface area (Å²) in [4.78, 5) is 27.4. The van der Waals surface area contributed by atoms with Crippen LogP contribution in [0.15, 0.2) is 42.5 Å². The first-order valence-corrected chi connectivity index (χ1v) is 14.6. The summed E-state index contributed by atoms with van der Waals surface area (Å²) in [5.41, 5.74) is -0.0520. The number of carboxylic acids is 1. The number of likely N-dealkylation sites (tertiary alicyclic amines) is 1. The summed E-state index contributed by atoms with van der Waals surface area (Å²) < 4.78 is 39.6. The quantitative estimate of drug-likeness (QED) is 0.382. The Kier molecular flexibility index (Phi) is 8.97. The molecule has 1 aliphatic rings. The zero-order valence-corrected chi connectivity index (χ0v) is 23.6. The van der Waals surface area contributed by atoms with E-state index >= 15 is 0 Å². The molecule has 0 spiro atoms. The molecule has 0 radical (unpaired) electrons. The third-order valence-electron chi connectivity index (χ3n) is 7.18. The van der Waals surface area contributed by atoms with Gasteiger partial charge in [0.15, 0.2) is 9.84 Å². The number of hydrogen-bond donors (Lipinski definition) is 1. The summed E-state index contributed by atoms with van der Waals surface area (Å²) >= 11 is 12.3. The number of halogens is 3. The number of nitrogens with zero attached hydrogens (tertiary/aromatic N) is 1. The van der Waals surface area contributed by atoms with Crippen molar-refractivity contribution in [3.63, 3.8) is 0 Å². The maximum atomic E-state index is 14.5. The highest BCUT2D eigenvalue weighted by molar-refractivity contribution is 7.91. The second-order valence-corrected chi connectivity index (χ2v) is 14.0. The van der Waals surface area contributed by atoms with Gasteiger partial charge in [-0.3, -0.25) is 9.59 Å². The number of carboxylic acid groups (broad SMARTS) is 1. The molecule has 1 aliphatic heterocycles. The minimum absolute atomic E-state index is 0.130. The first kappa shape index (κ1) is 29.4. The summed E-state index contributed by atoms with van der Waals surface area (Å²) in [7, 11) is -3.38. The van der Waals surface area contributed by atoms with Crippen LogP contribution >= 0.6 is 23.2 Å². The summed E-state index contributed by atoms with van der Waals surface area (Å²) in [6.45, 7) is 6.57. The maximum absolute atomic E-state index is 14.5. The summed E-state index contributed by atoms with van der Waals surface area (Å²) in [6.07, 6.45) is -0.124. The Morgan fingerprint density at radius 2 is 1.73 bits per heavy atom. The molecule has 1 fully saturated rings. The second kappa shape index (κ2) is 11.3. The lowest BCUT2D eigenvalue weighted by molar-refractivity contribution is -0.160. The maximum Gasteiger partial charge on any atom is 0.304 e. The van der Waals surface area contributed by atoms with E-state index in [1.54, 1.807) is 62.9 Å². The molecule has 2 aromatic carbocycles.